The zero-order chi connectivity index (χ0) is 9.70. The van der Waals surface area contributed by atoms with Crippen molar-refractivity contribution in [2.75, 3.05) is 6.54 Å². The van der Waals surface area contributed by atoms with Crippen molar-refractivity contribution in [1.82, 2.24) is 0 Å². The van der Waals surface area contributed by atoms with Gasteiger partial charge in [-0.3, -0.25) is 0 Å². The predicted molar refractivity (Wildman–Crippen MR) is 40.8 cm³/mol. The van der Waals surface area contributed by atoms with E-state index in [4.69, 9.17) is 27.7 Å². The van der Waals surface area contributed by atoms with E-state index in [9.17, 15) is 0 Å². The minimum Gasteiger partial charge on any atom is -0.337 e. The first-order valence-electron chi connectivity index (χ1n) is 2.51. The van der Waals surface area contributed by atoms with Gasteiger partial charge in [-0.15, -0.1) is 0 Å². The SMILES string of the molecule is N#CN.N#CN.NCC(N)N. The second kappa shape index (κ2) is 23.7. The number of nitrogens with two attached hydrogens (primary N) is 5. The van der Waals surface area contributed by atoms with E-state index in [0.717, 1.165) is 0 Å². The Hall–Kier alpha value is -1.54. The normalized spacial score (nSPS) is 5.64. The van der Waals surface area contributed by atoms with Crippen molar-refractivity contribution in [3.63, 3.8) is 0 Å². The first-order valence-corrected chi connectivity index (χ1v) is 2.51. The smallest absolute Gasteiger partial charge is 0.173 e. The van der Waals surface area contributed by atoms with E-state index in [1.165, 1.54) is 12.4 Å². The molecule has 7 nitrogen and oxygen atoms in total. The summed E-state index contributed by atoms with van der Waals surface area (Å²) < 4.78 is 0. The maximum Gasteiger partial charge on any atom is 0.173 e. The van der Waals surface area contributed by atoms with Crippen LogP contribution < -0.4 is 28.7 Å². The maximum atomic E-state index is 7.10. The molecule has 0 fully saturated rings. The van der Waals surface area contributed by atoms with Gasteiger partial charge in [0, 0.05) is 6.54 Å². The van der Waals surface area contributed by atoms with E-state index < -0.39 is 0 Å². The molecule has 0 bridgehead atoms. The Labute approximate surface area is 65.3 Å². The average Bonchev–Trinajstić information content (AvgIpc) is 1.91. The van der Waals surface area contributed by atoms with Gasteiger partial charge < -0.3 is 28.7 Å². The van der Waals surface area contributed by atoms with E-state index >= 15 is 0 Å². The van der Waals surface area contributed by atoms with Crippen molar-refractivity contribution in [3.05, 3.63) is 0 Å². The summed E-state index contributed by atoms with van der Waals surface area (Å²) in [6, 6.07) is 0. The minimum atomic E-state index is -0.338. The Morgan fingerprint density at radius 1 is 1.09 bits per heavy atom. The highest BCUT2D eigenvalue weighted by Gasteiger charge is 1.79. The number of nitrogens with zero attached hydrogens (tertiary/aromatic N) is 2. The van der Waals surface area contributed by atoms with Crippen LogP contribution in [0.1, 0.15) is 0 Å². The summed E-state index contributed by atoms with van der Waals surface area (Å²) in [7, 11) is 0. The van der Waals surface area contributed by atoms with Crippen molar-refractivity contribution < 1.29 is 0 Å². The molecule has 0 spiro atoms. The molecule has 0 aliphatic carbocycles. The monoisotopic (exact) mass is 159 g/mol. The molecule has 0 amide bonds. The van der Waals surface area contributed by atoms with Gasteiger partial charge in [0.2, 0.25) is 0 Å². The molecule has 11 heavy (non-hydrogen) atoms. The Balaban J connectivity index is -0.0000000933. The molecular formula is C4H13N7. The first-order chi connectivity index (χ1) is 5.10. The largest absolute Gasteiger partial charge is 0.337 e. The summed E-state index contributed by atoms with van der Waals surface area (Å²) in [5, 5.41) is 14.2. The van der Waals surface area contributed by atoms with Crippen LogP contribution in [-0.2, 0) is 0 Å². The second-order valence-electron chi connectivity index (χ2n) is 1.16. The van der Waals surface area contributed by atoms with Gasteiger partial charge in [0.15, 0.2) is 12.4 Å². The second-order valence-corrected chi connectivity index (χ2v) is 1.16. The molecule has 0 aliphatic rings. The predicted octanol–water partition coefficient (Wildman–Crippen LogP) is -2.96. The molecular weight excluding hydrogens is 146 g/mol. The van der Waals surface area contributed by atoms with Crippen LogP contribution in [-0.4, -0.2) is 12.7 Å². The van der Waals surface area contributed by atoms with Crippen molar-refractivity contribution >= 4 is 0 Å². The number of hydrogen-bond acceptors (Lipinski definition) is 7. The Morgan fingerprint density at radius 3 is 1.18 bits per heavy atom. The fourth-order valence-electron chi connectivity index (χ4n) is 0. The lowest BCUT2D eigenvalue weighted by Gasteiger charge is -1.93. The van der Waals surface area contributed by atoms with Crippen LogP contribution in [0.2, 0.25) is 0 Å². The number of rotatable bonds is 1. The van der Waals surface area contributed by atoms with Crippen LogP contribution in [0, 0.1) is 22.9 Å². The third kappa shape index (κ3) is 1670. The Bertz CT molecular complexity index is 105. The number of hydrogen-bond donors (Lipinski definition) is 5. The van der Waals surface area contributed by atoms with Crippen molar-refractivity contribution in [3.8, 4) is 12.4 Å². The third-order valence-electron chi connectivity index (χ3n) is 0.272. The van der Waals surface area contributed by atoms with E-state index in [2.05, 4.69) is 11.5 Å². The molecule has 10 N–H and O–H groups in total. The molecule has 64 valence electrons. The fraction of sp³-hybridized carbons (Fsp3) is 0.500. The van der Waals surface area contributed by atoms with Gasteiger partial charge in [-0.1, -0.05) is 0 Å². The van der Waals surface area contributed by atoms with E-state index in [-0.39, 0.29) is 6.17 Å². The lowest BCUT2D eigenvalue weighted by Crippen LogP contribution is -2.37. The topological polar surface area (TPSA) is 178 Å². The van der Waals surface area contributed by atoms with Gasteiger partial charge in [0.05, 0.1) is 6.17 Å². The fourth-order valence-corrected chi connectivity index (χ4v) is 0. The van der Waals surface area contributed by atoms with Crippen molar-refractivity contribution in [2.45, 2.75) is 6.17 Å². The highest BCUT2D eigenvalue weighted by atomic mass is 14.9. The minimum absolute atomic E-state index is 0.338. The van der Waals surface area contributed by atoms with Crippen LogP contribution in [0.4, 0.5) is 0 Å². The summed E-state index contributed by atoms with van der Waals surface area (Å²) in [6.45, 7) is 0.361. The van der Waals surface area contributed by atoms with Gasteiger partial charge in [-0.05, 0) is 0 Å². The molecule has 0 heterocycles. The van der Waals surface area contributed by atoms with Gasteiger partial charge >= 0.3 is 0 Å². The zero-order valence-corrected chi connectivity index (χ0v) is 6.07. The quantitative estimate of drug-likeness (QED) is 0.154. The molecule has 0 saturated carbocycles. The van der Waals surface area contributed by atoms with Crippen molar-refractivity contribution in [1.29, 1.82) is 10.5 Å². The molecule has 0 radical (unpaired) electrons. The van der Waals surface area contributed by atoms with Crippen LogP contribution in [0.3, 0.4) is 0 Å². The highest BCUT2D eigenvalue weighted by Crippen LogP contribution is 1.43. The molecule has 0 aromatic rings. The summed E-state index contributed by atoms with van der Waals surface area (Å²) in [6.07, 6.45) is 2.16. The molecule has 0 aromatic carbocycles. The molecule has 0 rings (SSSR count). The molecule has 0 atom stereocenters. The van der Waals surface area contributed by atoms with Crippen molar-refractivity contribution in [2.24, 2.45) is 28.7 Å². The van der Waals surface area contributed by atoms with Gasteiger partial charge in [0.1, 0.15) is 0 Å². The maximum absolute atomic E-state index is 7.10. The van der Waals surface area contributed by atoms with E-state index in [1.54, 1.807) is 0 Å². The van der Waals surface area contributed by atoms with Gasteiger partial charge in [-0.2, -0.15) is 10.5 Å². The van der Waals surface area contributed by atoms with Crippen LogP contribution in [0.5, 0.6) is 0 Å². The molecule has 0 saturated heterocycles. The summed E-state index contributed by atoms with van der Waals surface area (Å²) in [4.78, 5) is 0. The first kappa shape index (κ1) is 16.2. The standard InChI is InChI=1S/C2H9N3.2CH2N2/c3-1-2(4)5;2*2-1-3/h2H,1,3-5H2;2*2H2. The lowest BCUT2D eigenvalue weighted by molar-refractivity contribution is 0.718. The van der Waals surface area contributed by atoms with Crippen LogP contribution >= 0.6 is 0 Å². The lowest BCUT2D eigenvalue weighted by atomic mass is 10.6. The summed E-state index contributed by atoms with van der Waals surface area (Å²) in [5.41, 5.74) is 23.1. The zero-order valence-electron chi connectivity index (χ0n) is 6.07. The third-order valence-corrected chi connectivity index (χ3v) is 0.272. The molecule has 0 aromatic heterocycles. The molecule has 7 heteroatoms. The highest BCUT2D eigenvalue weighted by molar-refractivity contribution is 4.47. The van der Waals surface area contributed by atoms with Gasteiger partial charge in [-0.25, -0.2) is 0 Å². The summed E-state index contributed by atoms with van der Waals surface area (Å²) >= 11 is 0. The number of nitriles is 2. The Kier molecular flexibility index (Phi) is 34.9. The summed E-state index contributed by atoms with van der Waals surface area (Å²) in [5.74, 6) is 0. The molecule has 0 aliphatic heterocycles. The van der Waals surface area contributed by atoms with Crippen LogP contribution in [0.15, 0.2) is 0 Å². The average molecular weight is 159 g/mol. The Morgan fingerprint density at radius 2 is 1.18 bits per heavy atom. The molecule has 0 unspecified atom stereocenters. The van der Waals surface area contributed by atoms with E-state index in [1.807, 2.05) is 0 Å². The van der Waals surface area contributed by atoms with Gasteiger partial charge in [0.25, 0.3) is 0 Å². The van der Waals surface area contributed by atoms with Crippen LogP contribution in [0.25, 0.3) is 0 Å². The van der Waals surface area contributed by atoms with E-state index in [0.29, 0.717) is 6.54 Å².